The van der Waals surface area contributed by atoms with E-state index in [2.05, 4.69) is 5.32 Å². The molecule has 0 aliphatic carbocycles. The number of carbonyl (C=O) groups is 4. The summed E-state index contributed by atoms with van der Waals surface area (Å²) >= 11 is 0. The molecule has 0 radical (unpaired) electrons. The number of amides is 2. The molecule has 11 heteroatoms. The topological polar surface area (TPSA) is 185 Å². The number of rotatable bonds is 6. The molecule has 39 heavy (non-hydrogen) atoms. The van der Waals surface area contributed by atoms with Crippen molar-refractivity contribution in [3.63, 3.8) is 0 Å². The Morgan fingerprint density at radius 2 is 1.46 bits per heavy atom. The number of nitrogens with zero attached hydrogens (tertiary/aromatic N) is 1. The van der Waals surface area contributed by atoms with Gasteiger partial charge in [-0.1, -0.05) is 6.07 Å². The minimum atomic E-state index is -1.49. The number of nitrogens with one attached hydrogen (secondary N) is 1. The summed E-state index contributed by atoms with van der Waals surface area (Å²) in [4.78, 5) is 52.0. The van der Waals surface area contributed by atoms with E-state index in [4.69, 9.17) is 0 Å². The molecule has 0 aromatic heterocycles. The molecule has 1 heterocycles. The van der Waals surface area contributed by atoms with E-state index in [-0.39, 0.29) is 29.8 Å². The van der Waals surface area contributed by atoms with E-state index in [9.17, 15) is 44.7 Å². The van der Waals surface area contributed by atoms with Gasteiger partial charge in [-0.15, -0.1) is 0 Å². The zero-order valence-electron chi connectivity index (χ0n) is 20.6. The average molecular weight is 535 g/mol. The number of aromatic carboxylic acids is 1. The van der Waals surface area contributed by atoms with Crippen LogP contribution in [0.1, 0.15) is 66.3 Å². The molecule has 0 spiro atoms. The Morgan fingerprint density at radius 3 is 2.10 bits per heavy atom. The van der Waals surface area contributed by atoms with Crippen molar-refractivity contribution in [2.24, 2.45) is 0 Å². The molecule has 1 aliphatic rings. The number of phenolic OH excluding ortho intramolecular Hbond substituents is 4. The molecule has 1 aliphatic heterocycles. The van der Waals surface area contributed by atoms with Crippen LogP contribution in [-0.4, -0.2) is 73.1 Å². The van der Waals surface area contributed by atoms with E-state index in [1.165, 1.54) is 35.2 Å². The van der Waals surface area contributed by atoms with E-state index < -0.39 is 51.6 Å². The van der Waals surface area contributed by atoms with E-state index in [0.29, 0.717) is 24.9 Å². The van der Waals surface area contributed by atoms with Gasteiger partial charge in [0, 0.05) is 30.3 Å². The number of hydrogen-bond donors (Lipinski definition) is 6. The van der Waals surface area contributed by atoms with Crippen LogP contribution in [0.25, 0.3) is 0 Å². The largest absolute Gasteiger partial charge is 0.508 e. The summed E-state index contributed by atoms with van der Waals surface area (Å²) in [5, 5.41) is 53.0. The van der Waals surface area contributed by atoms with Gasteiger partial charge in [0.2, 0.25) is 5.78 Å². The number of likely N-dealkylation sites (tertiary alicyclic amines) is 1. The van der Waals surface area contributed by atoms with E-state index in [0.717, 1.165) is 30.7 Å². The standard InChI is InChI=1S/C28H26N2O9/c31-18-9-7-15(8-10-18)26(36)29-17-4-1-2-11-30(14-17)27(37)16-12-21(33)24(22(34)13-16)25(35)23-19(28(38)39)5-3-6-20(23)32/h3,5-10,12-13,17,31-34H,1-2,4,11,14H2,(H,29,36)(H,38,39). The van der Waals surface area contributed by atoms with Crippen molar-refractivity contribution in [1.29, 1.82) is 0 Å². The van der Waals surface area contributed by atoms with Crippen LogP contribution in [0.3, 0.4) is 0 Å². The van der Waals surface area contributed by atoms with Gasteiger partial charge in [0.05, 0.1) is 11.1 Å². The van der Waals surface area contributed by atoms with Gasteiger partial charge in [0.1, 0.15) is 28.6 Å². The second-order valence-corrected chi connectivity index (χ2v) is 9.19. The van der Waals surface area contributed by atoms with Crippen molar-refractivity contribution >= 4 is 23.6 Å². The molecule has 1 fully saturated rings. The zero-order valence-corrected chi connectivity index (χ0v) is 20.6. The lowest BCUT2D eigenvalue weighted by Crippen LogP contribution is -2.44. The quantitative estimate of drug-likeness (QED) is 0.259. The second-order valence-electron chi connectivity index (χ2n) is 9.19. The van der Waals surface area contributed by atoms with Crippen molar-refractivity contribution in [1.82, 2.24) is 10.2 Å². The van der Waals surface area contributed by atoms with Gasteiger partial charge in [0.15, 0.2) is 0 Å². The van der Waals surface area contributed by atoms with Gasteiger partial charge in [-0.3, -0.25) is 14.4 Å². The highest BCUT2D eigenvalue weighted by Gasteiger charge is 2.29. The molecule has 1 atom stereocenters. The van der Waals surface area contributed by atoms with Gasteiger partial charge < -0.3 is 35.7 Å². The van der Waals surface area contributed by atoms with Crippen LogP contribution in [0.4, 0.5) is 0 Å². The summed E-state index contributed by atoms with van der Waals surface area (Å²) in [5.74, 6) is -5.70. The fourth-order valence-corrected chi connectivity index (χ4v) is 4.56. The lowest BCUT2D eigenvalue weighted by molar-refractivity contribution is 0.0691. The molecule has 6 N–H and O–H groups in total. The minimum Gasteiger partial charge on any atom is -0.508 e. The molecule has 3 aromatic rings. The normalized spacial score (nSPS) is 15.3. The smallest absolute Gasteiger partial charge is 0.336 e. The third-order valence-electron chi connectivity index (χ3n) is 6.49. The van der Waals surface area contributed by atoms with Crippen molar-refractivity contribution < 1.29 is 44.7 Å². The highest BCUT2D eigenvalue weighted by atomic mass is 16.4. The monoisotopic (exact) mass is 534 g/mol. The molecular weight excluding hydrogens is 508 g/mol. The third-order valence-corrected chi connectivity index (χ3v) is 6.49. The number of carboxylic acids is 1. The van der Waals surface area contributed by atoms with Gasteiger partial charge in [-0.2, -0.15) is 0 Å². The molecular formula is C28H26N2O9. The van der Waals surface area contributed by atoms with Crippen LogP contribution in [0.2, 0.25) is 0 Å². The molecule has 4 rings (SSSR count). The first-order valence-electron chi connectivity index (χ1n) is 12.1. The predicted molar refractivity (Wildman–Crippen MR) is 137 cm³/mol. The van der Waals surface area contributed by atoms with Gasteiger partial charge in [0.25, 0.3) is 11.8 Å². The van der Waals surface area contributed by atoms with Gasteiger partial charge in [-0.05, 0) is 67.8 Å². The lowest BCUT2D eigenvalue weighted by Gasteiger charge is -2.25. The highest BCUT2D eigenvalue weighted by Crippen LogP contribution is 2.35. The first-order valence-corrected chi connectivity index (χ1v) is 12.1. The Bertz CT molecular complexity index is 1430. The SMILES string of the molecule is O=C(NC1CCCCN(C(=O)c2cc(O)c(C(=O)c3c(O)cccc3C(=O)O)c(O)c2)C1)c1ccc(O)cc1. The molecule has 1 saturated heterocycles. The van der Waals surface area contributed by atoms with Gasteiger partial charge >= 0.3 is 5.97 Å². The minimum absolute atomic E-state index is 0.0277. The Hall–Kier alpha value is -5.06. The van der Waals surface area contributed by atoms with Crippen molar-refractivity contribution in [2.75, 3.05) is 13.1 Å². The summed E-state index contributed by atoms with van der Waals surface area (Å²) in [5.41, 5.74) is -1.58. The number of aromatic hydroxyl groups is 4. The van der Waals surface area contributed by atoms with Crippen LogP contribution in [0, 0.1) is 0 Å². The Labute approximate surface area is 222 Å². The lowest BCUT2D eigenvalue weighted by atomic mass is 9.95. The number of ketones is 1. The first-order chi connectivity index (χ1) is 18.6. The first kappa shape index (κ1) is 27.0. The van der Waals surface area contributed by atoms with Crippen LogP contribution in [0.5, 0.6) is 23.0 Å². The maximum Gasteiger partial charge on any atom is 0.336 e. The average Bonchev–Trinajstić information content (AvgIpc) is 3.13. The molecule has 0 saturated carbocycles. The Kier molecular flexibility index (Phi) is 7.70. The van der Waals surface area contributed by atoms with Crippen LogP contribution >= 0.6 is 0 Å². The second kappa shape index (κ2) is 11.1. The summed E-state index contributed by atoms with van der Waals surface area (Å²) < 4.78 is 0. The highest BCUT2D eigenvalue weighted by molar-refractivity contribution is 6.18. The summed E-state index contributed by atoms with van der Waals surface area (Å²) in [6.45, 7) is 0.511. The van der Waals surface area contributed by atoms with E-state index in [1.54, 1.807) is 0 Å². The molecule has 1 unspecified atom stereocenters. The molecule has 0 bridgehead atoms. The number of hydrogen-bond acceptors (Lipinski definition) is 8. The van der Waals surface area contributed by atoms with E-state index in [1.807, 2.05) is 0 Å². The molecule has 2 amide bonds. The molecule has 11 nitrogen and oxygen atoms in total. The number of carboxylic acid groups (broad SMARTS) is 1. The van der Waals surface area contributed by atoms with Gasteiger partial charge in [-0.25, -0.2) is 4.79 Å². The fraction of sp³-hybridized carbons (Fsp3) is 0.214. The molecule has 202 valence electrons. The zero-order chi connectivity index (χ0) is 28.3. The Morgan fingerprint density at radius 1 is 0.795 bits per heavy atom. The van der Waals surface area contributed by atoms with Crippen molar-refractivity contribution in [2.45, 2.75) is 25.3 Å². The predicted octanol–water partition coefficient (Wildman–Crippen LogP) is 2.86. The maximum atomic E-state index is 13.3. The summed E-state index contributed by atoms with van der Waals surface area (Å²) in [6, 6.07) is 10.8. The number of phenols is 4. The molecule has 3 aromatic carbocycles. The fourth-order valence-electron chi connectivity index (χ4n) is 4.56. The van der Waals surface area contributed by atoms with Crippen molar-refractivity contribution in [3.8, 4) is 23.0 Å². The van der Waals surface area contributed by atoms with E-state index >= 15 is 0 Å². The van der Waals surface area contributed by atoms with Crippen LogP contribution in [0.15, 0.2) is 54.6 Å². The summed E-state index contributed by atoms with van der Waals surface area (Å²) in [6.07, 6.45) is 2.00. The van der Waals surface area contributed by atoms with Crippen LogP contribution in [-0.2, 0) is 0 Å². The number of carbonyl (C=O) groups excluding carboxylic acids is 3. The number of benzene rings is 3. The van der Waals surface area contributed by atoms with Crippen molar-refractivity contribution in [3.05, 3.63) is 82.4 Å². The summed E-state index contributed by atoms with van der Waals surface area (Å²) in [7, 11) is 0. The maximum absolute atomic E-state index is 13.3. The Balaban J connectivity index is 1.56. The third kappa shape index (κ3) is 5.77. The van der Waals surface area contributed by atoms with Crippen LogP contribution < -0.4 is 5.32 Å².